The third-order valence-corrected chi connectivity index (χ3v) is 6.23. The Morgan fingerprint density at radius 3 is 2.42 bits per heavy atom. The molecule has 1 fully saturated rings. The van der Waals surface area contributed by atoms with E-state index in [2.05, 4.69) is 5.32 Å². The summed E-state index contributed by atoms with van der Waals surface area (Å²) >= 11 is 0. The minimum Gasteiger partial charge on any atom is -0.493 e. The lowest BCUT2D eigenvalue weighted by Crippen LogP contribution is -2.35. The van der Waals surface area contributed by atoms with Crippen molar-refractivity contribution in [3.63, 3.8) is 0 Å². The Labute approximate surface area is 183 Å². The van der Waals surface area contributed by atoms with E-state index in [4.69, 9.17) is 14.2 Å². The summed E-state index contributed by atoms with van der Waals surface area (Å²) < 4.78 is 42.9. The standard InChI is InChI=1S/C22H28N2O6S/c1-28-20-12-18(22(25)23-14-17-10-7-11-30-17)19(13-21(20)29-2)24(31(3,26)27)15-16-8-5-4-6-9-16/h4-6,8-9,12-13,17H,7,10-11,14-15H2,1-3H3,(H,23,25)/t17-/m0/s1. The van der Waals surface area contributed by atoms with E-state index in [1.54, 1.807) is 0 Å². The maximum absolute atomic E-state index is 13.1. The zero-order valence-electron chi connectivity index (χ0n) is 18.0. The Bertz CT molecular complexity index is 1000. The summed E-state index contributed by atoms with van der Waals surface area (Å²) in [5, 5.41) is 2.86. The maximum atomic E-state index is 13.1. The van der Waals surface area contributed by atoms with Gasteiger partial charge < -0.3 is 19.5 Å². The second kappa shape index (κ2) is 10.0. The van der Waals surface area contributed by atoms with Gasteiger partial charge in [0.05, 0.1) is 44.4 Å². The Kier molecular flexibility index (Phi) is 7.40. The van der Waals surface area contributed by atoms with Crippen LogP contribution in [0.15, 0.2) is 42.5 Å². The van der Waals surface area contributed by atoms with Crippen LogP contribution < -0.4 is 19.1 Å². The van der Waals surface area contributed by atoms with E-state index in [0.29, 0.717) is 24.7 Å². The molecular formula is C22H28N2O6S. The molecule has 8 nitrogen and oxygen atoms in total. The van der Waals surface area contributed by atoms with Crippen molar-refractivity contribution in [2.45, 2.75) is 25.5 Å². The molecule has 0 saturated carbocycles. The van der Waals surface area contributed by atoms with Crippen molar-refractivity contribution in [1.82, 2.24) is 5.32 Å². The zero-order chi connectivity index (χ0) is 22.4. The molecule has 0 aliphatic carbocycles. The molecule has 2 aromatic carbocycles. The van der Waals surface area contributed by atoms with Crippen molar-refractivity contribution in [3.05, 3.63) is 53.6 Å². The van der Waals surface area contributed by atoms with E-state index in [0.717, 1.165) is 24.7 Å². The van der Waals surface area contributed by atoms with E-state index >= 15 is 0 Å². The molecule has 3 rings (SSSR count). The first-order valence-electron chi connectivity index (χ1n) is 10.0. The molecule has 0 aromatic heterocycles. The molecule has 0 spiro atoms. The largest absolute Gasteiger partial charge is 0.493 e. The van der Waals surface area contributed by atoms with Crippen LogP contribution in [0.25, 0.3) is 0 Å². The maximum Gasteiger partial charge on any atom is 0.253 e. The lowest BCUT2D eigenvalue weighted by atomic mass is 10.1. The third kappa shape index (κ3) is 5.68. The van der Waals surface area contributed by atoms with E-state index in [1.165, 1.54) is 30.7 Å². The van der Waals surface area contributed by atoms with Crippen molar-refractivity contribution in [3.8, 4) is 11.5 Å². The summed E-state index contributed by atoms with van der Waals surface area (Å²) in [5.74, 6) is 0.254. The Hall–Kier alpha value is -2.78. The molecule has 0 bridgehead atoms. The number of nitrogens with one attached hydrogen (secondary N) is 1. The summed E-state index contributed by atoms with van der Waals surface area (Å²) in [4.78, 5) is 13.1. The number of amides is 1. The molecule has 0 radical (unpaired) electrons. The quantitative estimate of drug-likeness (QED) is 0.634. The van der Waals surface area contributed by atoms with Gasteiger partial charge in [0.2, 0.25) is 10.0 Å². The lowest BCUT2D eigenvalue weighted by Gasteiger charge is -2.26. The summed E-state index contributed by atoms with van der Waals surface area (Å²) in [5.41, 5.74) is 1.18. The summed E-state index contributed by atoms with van der Waals surface area (Å²) in [6.45, 7) is 1.10. The van der Waals surface area contributed by atoms with Gasteiger partial charge in [0.25, 0.3) is 5.91 Å². The molecular weight excluding hydrogens is 420 g/mol. The first kappa shape index (κ1) is 22.9. The third-order valence-electron chi connectivity index (χ3n) is 5.10. The van der Waals surface area contributed by atoms with Crippen molar-refractivity contribution in [2.75, 3.05) is 37.9 Å². The second-order valence-electron chi connectivity index (χ2n) is 7.32. The molecule has 1 heterocycles. The van der Waals surface area contributed by atoms with E-state index in [1.807, 2.05) is 30.3 Å². The molecule has 2 aromatic rings. The van der Waals surface area contributed by atoms with Crippen molar-refractivity contribution < 1.29 is 27.4 Å². The van der Waals surface area contributed by atoms with Gasteiger partial charge in [-0.05, 0) is 24.5 Å². The SMILES string of the molecule is COc1cc(C(=O)NC[C@@H]2CCCO2)c(N(Cc2ccccc2)S(C)(=O)=O)cc1OC. The van der Waals surface area contributed by atoms with Gasteiger partial charge in [-0.3, -0.25) is 9.10 Å². The molecule has 31 heavy (non-hydrogen) atoms. The Balaban J connectivity index is 2.02. The van der Waals surface area contributed by atoms with Crippen molar-refractivity contribution >= 4 is 21.6 Å². The average Bonchev–Trinajstić information content (AvgIpc) is 3.28. The highest BCUT2D eigenvalue weighted by atomic mass is 32.2. The van der Waals surface area contributed by atoms with E-state index in [9.17, 15) is 13.2 Å². The summed E-state index contributed by atoms with van der Waals surface area (Å²) in [7, 11) is -0.794. The molecule has 1 atom stereocenters. The van der Waals surface area contributed by atoms with E-state index in [-0.39, 0.29) is 23.9 Å². The van der Waals surface area contributed by atoms with Crippen LogP contribution in [0.2, 0.25) is 0 Å². The van der Waals surface area contributed by atoms with Gasteiger partial charge in [-0.15, -0.1) is 0 Å². The fourth-order valence-electron chi connectivity index (χ4n) is 3.49. The minimum atomic E-state index is -3.72. The summed E-state index contributed by atoms with van der Waals surface area (Å²) in [6, 6.07) is 12.2. The molecule has 9 heteroatoms. The number of hydrogen-bond donors (Lipinski definition) is 1. The smallest absolute Gasteiger partial charge is 0.253 e. The molecule has 168 valence electrons. The number of nitrogens with zero attached hydrogens (tertiary/aromatic N) is 1. The predicted molar refractivity (Wildman–Crippen MR) is 118 cm³/mol. The monoisotopic (exact) mass is 448 g/mol. The number of anilines is 1. The minimum absolute atomic E-state index is 0.0390. The fourth-order valence-corrected chi connectivity index (χ4v) is 4.39. The van der Waals surface area contributed by atoms with Gasteiger partial charge in [-0.1, -0.05) is 30.3 Å². The normalized spacial score (nSPS) is 16.0. The number of rotatable bonds is 9. The topological polar surface area (TPSA) is 94.2 Å². The predicted octanol–water partition coefficient (Wildman–Crippen LogP) is 2.58. The van der Waals surface area contributed by atoms with Gasteiger partial charge in [-0.25, -0.2) is 8.42 Å². The molecule has 1 aliphatic rings. The fraction of sp³-hybridized carbons (Fsp3) is 0.409. The first-order valence-corrected chi connectivity index (χ1v) is 11.9. The second-order valence-corrected chi connectivity index (χ2v) is 9.23. The molecule has 1 aliphatic heterocycles. The number of methoxy groups -OCH3 is 2. The van der Waals surface area contributed by atoms with Crippen LogP contribution in [0.1, 0.15) is 28.8 Å². The van der Waals surface area contributed by atoms with Gasteiger partial charge in [0, 0.05) is 19.2 Å². The zero-order valence-corrected chi connectivity index (χ0v) is 18.8. The van der Waals surface area contributed by atoms with Crippen molar-refractivity contribution in [2.24, 2.45) is 0 Å². The first-order chi connectivity index (χ1) is 14.8. The number of hydrogen-bond acceptors (Lipinski definition) is 6. The lowest BCUT2D eigenvalue weighted by molar-refractivity contribution is 0.0858. The average molecular weight is 449 g/mol. The van der Waals surface area contributed by atoms with Crippen LogP contribution in [0.4, 0.5) is 5.69 Å². The Morgan fingerprint density at radius 1 is 1.16 bits per heavy atom. The van der Waals surface area contributed by atoms with Crippen molar-refractivity contribution in [1.29, 1.82) is 0 Å². The van der Waals surface area contributed by atoms with Crippen LogP contribution in [0.5, 0.6) is 11.5 Å². The number of sulfonamides is 1. The van der Waals surface area contributed by atoms with Crippen LogP contribution in [0, 0.1) is 0 Å². The van der Waals surface area contributed by atoms with Gasteiger partial charge in [0.15, 0.2) is 11.5 Å². The summed E-state index contributed by atoms with van der Waals surface area (Å²) in [6.07, 6.45) is 2.91. The highest BCUT2D eigenvalue weighted by Crippen LogP contribution is 2.37. The highest BCUT2D eigenvalue weighted by Gasteiger charge is 2.27. The van der Waals surface area contributed by atoms with Crippen LogP contribution in [-0.2, 0) is 21.3 Å². The van der Waals surface area contributed by atoms with Gasteiger partial charge in [-0.2, -0.15) is 0 Å². The molecule has 0 unspecified atom stereocenters. The number of carbonyl (C=O) groups excluding carboxylic acids is 1. The number of ether oxygens (including phenoxy) is 3. The van der Waals surface area contributed by atoms with E-state index < -0.39 is 15.9 Å². The van der Waals surface area contributed by atoms with Gasteiger partial charge >= 0.3 is 0 Å². The molecule has 1 saturated heterocycles. The molecule has 1 N–H and O–H groups in total. The number of carbonyl (C=O) groups is 1. The van der Waals surface area contributed by atoms with Crippen LogP contribution >= 0.6 is 0 Å². The van der Waals surface area contributed by atoms with Crippen LogP contribution in [-0.4, -0.2) is 54.1 Å². The van der Waals surface area contributed by atoms with Crippen LogP contribution in [0.3, 0.4) is 0 Å². The number of benzene rings is 2. The van der Waals surface area contributed by atoms with Gasteiger partial charge in [0.1, 0.15) is 0 Å². The Morgan fingerprint density at radius 2 is 1.84 bits per heavy atom. The highest BCUT2D eigenvalue weighted by molar-refractivity contribution is 7.92. The molecule has 1 amide bonds.